The number of hydrogen-bond acceptors (Lipinski definition) is 7. The molecule has 1 aromatic heterocycles. The summed E-state index contributed by atoms with van der Waals surface area (Å²) in [7, 11) is 0. The first-order chi connectivity index (χ1) is 16.3. The highest BCUT2D eigenvalue weighted by molar-refractivity contribution is 5.85. The number of anilines is 1. The summed E-state index contributed by atoms with van der Waals surface area (Å²) in [6, 6.07) is 0. The quantitative estimate of drug-likeness (QED) is 0.522. The Labute approximate surface area is 207 Å². The van der Waals surface area contributed by atoms with E-state index in [4.69, 9.17) is 9.47 Å². The fourth-order valence-electron chi connectivity index (χ4n) is 4.60. The molecular weight excluding hydrogens is 451 g/mol. The van der Waals surface area contributed by atoms with Gasteiger partial charge in [-0.25, -0.2) is 14.4 Å². The van der Waals surface area contributed by atoms with Crippen molar-refractivity contribution >= 4 is 17.8 Å². The highest BCUT2D eigenvalue weighted by Gasteiger charge is 2.50. The number of ether oxygens (including phenoxy) is 2. The second-order valence-electron chi connectivity index (χ2n) is 11.5. The van der Waals surface area contributed by atoms with E-state index >= 15 is 0 Å². The van der Waals surface area contributed by atoms with Crippen LogP contribution < -0.4 is 9.64 Å². The Kier molecular flexibility index (Phi) is 8.07. The third-order valence-corrected chi connectivity index (χ3v) is 6.59. The van der Waals surface area contributed by atoms with E-state index < -0.39 is 5.60 Å². The van der Waals surface area contributed by atoms with Gasteiger partial charge in [-0.05, 0) is 72.8 Å². The molecule has 2 fully saturated rings. The summed E-state index contributed by atoms with van der Waals surface area (Å²) in [6.45, 7) is 13.9. The molecule has 8 nitrogen and oxygen atoms in total. The zero-order valence-corrected chi connectivity index (χ0v) is 21.9. The molecule has 2 saturated heterocycles. The molecule has 0 N–H and O–H groups in total. The maximum absolute atomic E-state index is 13.2. The normalized spacial score (nSPS) is 18.8. The van der Waals surface area contributed by atoms with Gasteiger partial charge in [-0.15, -0.1) is 0 Å². The third kappa shape index (κ3) is 6.92. The lowest BCUT2D eigenvalue weighted by Crippen LogP contribution is -2.49. The predicted molar refractivity (Wildman–Crippen MR) is 132 cm³/mol. The molecule has 0 unspecified atom stereocenters. The average molecular weight is 491 g/mol. The summed E-state index contributed by atoms with van der Waals surface area (Å²) in [6.07, 6.45) is 6.39. The Bertz CT molecular complexity index is 926. The Morgan fingerprint density at radius 3 is 2.17 bits per heavy atom. The van der Waals surface area contributed by atoms with Gasteiger partial charge in [-0.2, -0.15) is 0 Å². The second-order valence-corrected chi connectivity index (χ2v) is 11.5. The summed E-state index contributed by atoms with van der Waals surface area (Å²) < 4.78 is 24.1. The van der Waals surface area contributed by atoms with E-state index in [0.717, 1.165) is 38.9 Å². The van der Waals surface area contributed by atoms with Gasteiger partial charge >= 0.3 is 5.97 Å². The molecular formula is C26H39FN4O4. The van der Waals surface area contributed by atoms with Crippen molar-refractivity contribution in [2.45, 2.75) is 84.8 Å². The number of rotatable bonds is 7. The van der Waals surface area contributed by atoms with Gasteiger partial charge in [-0.3, -0.25) is 9.59 Å². The number of carbonyl (C=O) groups is 2. The summed E-state index contributed by atoms with van der Waals surface area (Å²) in [5.74, 6) is 0.915. The smallest absolute Gasteiger partial charge is 0.306 e. The van der Waals surface area contributed by atoms with Crippen molar-refractivity contribution in [3.63, 3.8) is 0 Å². The van der Waals surface area contributed by atoms with E-state index in [2.05, 4.69) is 35.6 Å². The number of likely N-dealkylation sites (tertiary alicyclic amines) is 1. The molecule has 0 radical (unpaired) electrons. The average Bonchev–Trinajstić information content (AvgIpc) is 3.09. The van der Waals surface area contributed by atoms with Crippen LogP contribution >= 0.6 is 0 Å². The van der Waals surface area contributed by atoms with Crippen LogP contribution in [-0.2, 0) is 14.3 Å². The Hall–Kier alpha value is -2.71. The van der Waals surface area contributed by atoms with Gasteiger partial charge in [0.25, 0.3) is 0 Å². The van der Waals surface area contributed by atoms with Gasteiger partial charge in [0.1, 0.15) is 12.2 Å². The van der Waals surface area contributed by atoms with Crippen LogP contribution in [0, 0.1) is 5.41 Å². The molecule has 1 spiro atoms. The predicted octanol–water partition coefficient (Wildman–Crippen LogP) is 4.45. The van der Waals surface area contributed by atoms with E-state index in [1.165, 1.54) is 0 Å². The molecule has 0 saturated carbocycles. The van der Waals surface area contributed by atoms with E-state index in [1.54, 1.807) is 33.2 Å². The number of piperidine rings is 1. The first-order valence-corrected chi connectivity index (χ1v) is 12.3. The molecule has 194 valence electrons. The summed E-state index contributed by atoms with van der Waals surface area (Å²) in [4.78, 5) is 37.9. The molecule has 0 aliphatic carbocycles. The lowest BCUT2D eigenvalue weighted by atomic mass is 9.77. The lowest BCUT2D eigenvalue weighted by molar-refractivity contribution is -0.154. The molecule has 3 heterocycles. The van der Waals surface area contributed by atoms with Crippen LogP contribution in [0.4, 0.5) is 10.3 Å². The fraction of sp³-hybridized carbons (Fsp3) is 0.692. The van der Waals surface area contributed by atoms with E-state index in [-0.39, 0.29) is 42.3 Å². The molecule has 2 aliphatic heterocycles. The molecule has 0 atom stereocenters. The van der Waals surface area contributed by atoms with Crippen LogP contribution in [0.2, 0.25) is 0 Å². The van der Waals surface area contributed by atoms with Gasteiger partial charge < -0.3 is 19.3 Å². The van der Waals surface area contributed by atoms with Crippen molar-refractivity contribution in [1.82, 2.24) is 14.9 Å². The maximum atomic E-state index is 13.2. The fourth-order valence-corrected chi connectivity index (χ4v) is 4.60. The molecule has 9 heteroatoms. The van der Waals surface area contributed by atoms with Crippen molar-refractivity contribution in [2.24, 2.45) is 5.41 Å². The topological polar surface area (TPSA) is 84.9 Å². The second kappa shape index (κ2) is 10.5. The molecule has 3 rings (SSSR count). The zero-order valence-electron chi connectivity index (χ0n) is 21.9. The first kappa shape index (κ1) is 26.9. The number of amides is 1. The first-order valence-electron chi connectivity index (χ1n) is 12.3. The van der Waals surface area contributed by atoms with Crippen molar-refractivity contribution in [3.05, 3.63) is 24.3 Å². The van der Waals surface area contributed by atoms with Gasteiger partial charge in [0.15, 0.2) is 5.75 Å². The van der Waals surface area contributed by atoms with Crippen LogP contribution in [0.5, 0.6) is 5.75 Å². The van der Waals surface area contributed by atoms with Crippen molar-refractivity contribution in [3.8, 4) is 5.75 Å². The molecule has 0 aromatic carbocycles. The standard InChI is InChI=1S/C26H39FN4O4/c1-24(2,3)31-14-11-26(22(31)33)9-12-30(13-10-26)23-28-16-20(17-29-23)34-18-19(15-27)7-8-21(32)35-25(4,5)6/h15-17H,7-14,18H2,1-6H3/b19-15+. The molecule has 1 aromatic rings. The minimum absolute atomic E-state index is 0.000622. The van der Waals surface area contributed by atoms with Crippen molar-refractivity contribution in [1.29, 1.82) is 0 Å². The van der Waals surface area contributed by atoms with Gasteiger partial charge in [0.2, 0.25) is 11.9 Å². The number of hydrogen-bond donors (Lipinski definition) is 0. The lowest BCUT2D eigenvalue weighted by Gasteiger charge is -2.39. The molecule has 0 bridgehead atoms. The highest BCUT2D eigenvalue weighted by atomic mass is 19.1. The van der Waals surface area contributed by atoms with Gasteiger partial charge in [0, 0.05) is 31.6 Å². The van der Waals surface area contributed by atoms with E-state index in [1.807, 2.05) is 4.90 Å². The number of halogens is 1. The summed E-state index contributed by atoms with van der Waals surface area (Å²) >= 11 is 0. The van der Waals surface area contributed by atoms with Crippen LogP contribution in [0.3, 0.4) is 0 Å². The number of esters is 1. The largest absolute Gasteiger partial charge is 0.486 e. The van der Waals surface area contributed by atoms with Crippen LogP contribution in [0.25, 0.3) is 0 Å². The SMILES string of the molecule is CC(C)(C)OC(=O)CC/C(=C\F)COc1cnc(N2CCC3(CC2)CCN(C(C)(C)C)C3=O)nc1. The monoisotopic (exact) mass is 490 g/mol. The minimum atomic E-state index is -0.569. The van der Waals surface area contributed by atoms with E-state index in [9.17, 15) is 14.0 Å². The molecule has 1 amide bonds. The third-order valence-electron chi connectivity index (χ3n) is 6.59. The van der Waals surface area contributed by atoms with Gasteiger partial charge in [-0.1, -0.05) is 0 Å². The van der Waals surface area contributed by atoms with Crippen LogP contribution in [-0.4, -0.2) is 64.1 Å². The van der Waals surface area contributed by atoms with Crippen LogP contribution in [0.15, 0.2) is 24.3 Å². The molecule has 35 heavy (non-hydrogen) atoms. The van der Waals surface area contributed by atoms with E-state index in [0.29, 0.717) is 23.6 Å². The zero-order chi connectivity index (χ0) is 25.9. The summed E-state index contributed by atoms with van der Waals surface area (Å²) in [5.41, 5.74) is -0.627. The minimum Gasteiger partial charge on any atom is -0.486 e. The van der Waals surface area contributed by atoms with Crippen LogP contribution in [0.1, 0.15) is 73.6 Å². The van der Waals surface area contributed by atoms with Crippen molar-refractivity contribution < 1.29 is 23.5 Å². The molecule has 2 aliphatic rings. The number of aromatic nitrogens is 2. The van der Waals surface area contributed by atoms with Gasteiger partial charge in [0.05, 0.1) is 24.1 Å². The Balaban J connectivity index is 1.48. The summed E-state index contributed by atoms with van der Waals surface area (Å²) in [5, 5.41) is 0. The maximum Gasteiger partial charge on any atom is 0.306 e. The number of carbonyl (C=O) groups excluding carboxylic acids is 2. The highest BCUT2D eigenvalue weighted by Crippen LogP contribution is 2.44. The number of nitrogens with zero attached hydrogens (tertiary/aromatic N) is 4. The Morgan fingerprint density at radius 2 is 1.66 bits per heavy atom. The Morgan fingerprint density at radius 1 is 1.06 bits per heavy atom. The van der Waals surface area contributed by atoms with Crippen molar-refractivity contribution in [2.75, 3.05) is 31.1 Å².